The average Bonchev–Trinajstić information content (AvgIpc) is 3.13. The third-order valence-corrected chi connectivity index (χ3v) is 4.88. The van der Waals surface area contributed by atoms with Crippen LogP contribution in [0.15, 0.2) is 12.3 Å². The van der Waals surface area contributed by atoms with E-state index in [1.165, 1.54) is 44.9 Å². The second kappa shape index (κ2) is 8.68. The Morgan fingerprint density at radius 1 is 1.23 bits per heavy atom. The predicted molar refractivity (Wildman–Crippen MR) is 91.2 cm³/mol. The maximum atomic E-state index is 11.7. The molecule has 4 heteroatoms. The average molecular weight is 307 g/mol. The number of unbranched alkanes of at least 4 members (excludes halogenated alkanes) is 6. The van der Waals surface area contributed by atoms with E-state index in [9.17, 15) is 4.79 Å². The lowest BCUT2D eigenvalue weighted by molar-refractivity contribution is -0.118. The van der Waals surface area contributed by atoms with Gasteiger partial charge in [-0.05, 0) is 19.3 Å². The van der Waals surface area contributed by atoms with Crippen LogP contribution < -0.4 is 16.2 Å². The molecule has 1 saturated carbocycles. The molecule has 2 aliphatic rings. The largest absolute Gasteiger partial charge is 0.379 e. The molecular formula is C18H33N3O. The first-order valence-electron chi connectivity index (χ1n) is 9.16. The van der Waals surface area contributed by atoms with Crippen LogP contribution in [0.2, 0.25) is 0 Å². The van der Waals surface area contributed by atoms with Crippen molar-refractivity contribution in [3.63, 3.8) is 0 Å². The summed E-state index contributed by atoms with van der Waals surface area (Å²) in [6, 6.07) is 0.0156. The summed E-state index contributed by atoms with van der Waals surface area (Å²) in [6.07, 6.45) is 14.1. The Kier molecular flexibility index (Phi) is 6.90. The fourth-order valence-electron chi connectivity index (χ4n) is 3.40. The van der Waals surface area contributed by atoms with Crippen LogP contribution in [0.1, 0.15) is 84.0 Å². The minimum atomic E-state index is 0.0156. The fourth-order valence-corrected chi connectivity index (χ4v) is 3.40. The first-order valence-corrected chi connectivity index (χ1v) is 9.16. The summed E-state index contributed by atoms with van der Waals surface area (Å²) in [5, 5.41) is 3.33. The number of hydrogen-bond acceptors (Lipinski definition) is 4. The van der Waals surface area contributed by atoms with Gasteiger partial charge in [-0.15, -0.1) is 0 Å². The second-order valence-electron chi connectivity index (χ2n) is 7.04. The molecule has 1 atom stereocenters. The van der Waals surface area contributed by atoms with Gasteiger partial charge in [0.1, 0.15) is 0 Å². The van der Waals surface area contributed by atoms with Gasteiger partial charge in [0, 0.05) is 18.5 Å². The highest BCUT2D eigenvalue weighted by Crippen LogP contribution is 2.27. The summed E-state index contributed by atoms with van der Waals surface area (Å²) in [6.45, 7) is 6.37. The highest BCUT2D eigenvalue weighted by molar-refractivity contribution is 5.86. The molecule has 0 aromatic carbocycles. The fraction of sp³-hybridized carbons (Fsp3) is 0.833. The van der Waals surface area contributed by atoms with E-state index in [1.54, 1.807) is 0 Å². The van der Waals surface area contributed by atoms with E-state index in [1.807, 2.05) is 0 Å². The van der Waals surface area contributed by atoms with Crippen molar-refractivity contribution in [3.05, 3.63) is 12.3 Å². The Hall–Kier alpha value is -0.870. The number of Topliss-reactive ketones (excluding diaryl/α,β-unsaturated/α-hetero) is 1. The van der Waals surface area contributed by atoms with E-state index in [4.69, 9.17) is 0 Å². The monoisotopic (exact) mass is 307 g/mol. The molecule has 1 saturated heterocycles. The SMILES string of the molecule is C=C(CC1(CCCCCCCCC)NN1)NC1CCCC1=O. The van der Waals surface area contributed by atoms with Crippen LogP contribution in [-0.2, 0) is 4.79 Å². The van der Waals surface area contributed by atoms with Crippen molar-refractivity contribution < 1.29 is 4.79 Å². The van der Waals surface area contributed by atoms with Gasteiger partial charge in [-0.3, -0.25) is 4.79 Å². The Morgan fingerprint density at radius 3 is 2.50 bits per heavy atom. The van der Waals surface area contributed by atoms with Gasteiger partial charge in [0.05, 0.1) is 11.7 Å². The number of ketones is 1. The van der Waals surface area contributed by atoms with Gasteiger partial charge < -0.3 is 5.32 Å². The molecule has 0 spiro atoms. The summed E-state index contributed by atoms with van der Waals surface area (Å²) in [4.78, 5) is 11.7. The summed E-state index contributed by atoms with van der Waals surface area (Å²) >= 11 is 0. The third-order valence-electron chi connectivity index (χ3n) is 4.88. The highest BCUT2D eigenvalue weighted by atomic mass is 16.1. The summed E-state index contributed by atoms with van der Waals surface area (Å²) in [5.41, 5.74) is 7.60. The maximum absolute atomic E-state index is 11.7. The van der Waals surface area contributed by atoms with Crippen molar-refractivity contribution in [1.29, 1.82) is 0 Å². The van der Waals surface area contributed by atoms with E-state index in [2.05, 4.69) is 29.7 Å². The number of carbonyl (C=O) groups is 1. The Balaban J connectivity index is 1.56. The predicted octanol–water partition coefficient (Wildman–Crippen LogP) is 3.55. The molecule has 0 aromatic rings. The molecular weight excluding hydrogens is 274 g/mol. The number of rotatable bonds is 12. The molecule has 2 rings (SSSR count). The molecule has 0 aromatic heterocycles. The van der Waals surface area contributed by atoms with Crippen molar-refractivity contribution in [2.75, 3.05) is 0 Å². The van der Waals surface area contributed by atoms with Crippen molar-refractivity contribution in [2.45, 2.75) is 95.7 Å². The van der Waals surface area contributed by atoms with Gasteiger partial charge in [0.15, 0.2) is 5.78 Å². The van der Waals surface area contributed by atoms with Crippen LogP contribution in [0.4, 0.5) is 0 Å². The maximum Gasteiger partial charge on any atom is 0.154 e. The molecule has 22 heavy (non-hydrogen) atoms. The topological polar surface area (TPSA) is 73.0 Å². The molecule has 1 heterocycles. The quantitative estimate of drug-likeness (QED) is 0.381. The van der Waals surface area contributed by atoms with Crippen LogP contribution in [-0.4, -0.2) is 17.5 Å². The summed E-state index contributed by atoms with van der Waals surface area (Å²) in [7, 11) is 0. The zero-order valence-electron chi connectivity index (χ0n) is 14.2. The van der Waals surface area contributed by atoms with Crippen molar-refractivity contribution in [1.82, 2.24) is 16.2 Å². The lowest BCUT2D eigenvalue weighted by atomic mass is 9.99. The lowest BCUT2D eigenvalue weighted by Crippen LogP contribution is -2.34. The standard InChI is InChI=1S/C18H33N3O/c1-3-4-5-6-7-8-9-13-18(20-21-18)14-15(2)19-16-11-10-12-17(16)22/h16,19-21H,2-14H2,1H3. The molecule has 3 N–H and O–H groups in total. The Labute approximate surface area is 135 Å². The highest BCUT2D eigenvalue weighted by Gasteiger charge is 2.41. The van der Waals surface area contributed by atoms with Crippen LogP contribution in [0.5, 0.6) is 0 Å². The van der Waals surface area contributed by atoms with Gasteiger partial charge in [0.2, 0.25) is 0 Å². The molecule has 0 amide bonds. The van der Waals surface area contributed by atoms with E-state index < -0.39 is 0 Å². The summed E-state index contributed by atoms with van der Waals surface area (Å²) < 4.78 is 0. The Bertz CT molecular complexity index is 377. The zero-order valence-corrected chi connectivity index (χ0v) is 14.2. The summed E-state index contributed by atoms with van der Waals surface area (Å²) in [5.74, 6) is 0.346. The number of hydrogen-bond donors (Lipinski definition) is 3. The number of nitrogens with one attached hydrogen (secondary N) is 3. The lowest BCUT2D eigenvalue weighted by Gasteiger charge is -2.18. The number of carbonyl (C=O) groups excluding carboxylic acids is 1. The zero-order chi connectivity index (χ0) is 15.8. The van der Waals surface area contributed by atoms with Gasteiger partial charge in [-0.1, -0.05) is 58.4 Å². The molecule has 2 fully saturated rings. The van der Waals surface area contributed by atoms with Gasteiger partial charge in [-0.2, -0.15) is 0 Å². The minimum Gasteiger partial charge on any atom is -0.379 e. The molecule has 1 aliphatic heterocycles. The van der Waals surface area contributed by atoms with Crippen LogP contribution in [0, 0.1) is 0 Å². The molecule has 0 bridgehead atoms. The molecule has 1 unspecified atom stereocenters. The van der Waals surface area contributed by atoms with E-state index in [0.29, 0.717) is 5.78 Å². The third kappa shape index (κ3) is 5.73. The van der Waals surface area contributed by atoms with E-state index in [0.717, 1.165) is 37.8 Å². The van der Waals surface area contributed by atoms with Gasteiger partial charge >= 0.3 is 0 Å². The van der Waals surface area contributed by atoms with Crippen LogP contribution >= 0.6 is 0 Å². The molecule has 4 nitrogen and oxygen atoms in total. The van der Waals surface area contributed by atoms with Crippen molar-refractivity contribution >= 4 is 5.78 Å². The van der Waals surface area contributed by atoms with E-state index >= 15 is 0 Å². The smallest absolute Gasteiger partial charge is 0.154 e. The van der Waals surface area contributed by atoms with Crippen molar-refractivity contribution in [3.8, 4) is 0 Å². The van der Waals surface area contributed by atoms with Crippen LogP contribution in [0.25, 0.3) is 0 Å². The van der Waals surface area contributed by atoms with E-state index in [-0.39, 0.29) is 11.7 Å². The van der Waals surface area contributed by atoms with Crippen molar-refractivity contribution in [2.24, 2.45) is 0 Å². The first kappa shape index (κ1) is 17.5. The van der Waals surface area contributed by atoms with Gasteiger partial charge in [-0.25, -0.2) is 10.9 Å². The molecule has 126 valence electrons. The molecule has 1 aliphatic carbocycles. The number of hydrazine groups is 1. The molecule has 0 radical (unpaired) electrons. The second-order valence-corrected chi connectivity index (χ2v) is 7.04. The van der Waals surface area contributed by atoms with Crippen LogP contribution in [0.3, 0.4) is 0 Å². The Morgan fingerprint density at radius 2 is 1.91 bits per heavy atom. The minimum absolute atomic E-state index is 0.0156. The normalized spacial score (nSPS) is 22.8. The van der Waals surface area contributed by atoms with Gasteiger partial charge in [0.25, 0.3) is 0 Å². The first-order chi connectivity index (χ1) is 10.7.